The van der Waals surface area contributed by atoms with Crippen LogP contribution < -0.4 is 5.32 Å². The summed E-state index contributed by atoms with van der Waals surface area (Å²) in [7, 11) is 0. The topological polar surface area (TPSA) is 50.7 Å². The van der Waals surface area contributed by atoms with Crippen LogP contribution in [-0.4, -0.2) is 15.2 Å². The molecule has 0 aliphatic heterocycles. The number of pyridine rings is 1. The molecule has 4 nitrogen and oxygen atoms in total. The van der Waals surface area contributed by atoms with Gasteiger partial charge in [0, 0.05) is 28.7 Å². The Kier molecular flexibility index (Phi) is 4.54. The first-order valence-corrected chi connectivity index (χ1v) is 7.30. The lowest BCUT2D eigenvalue weighted by molar-refractivity contribution is -0.141. The Morgan fingerprint density at radius 1 is 0.960 bits per heavy atom. The molecule has 0 bridgehead atoms. The molecule has 3 aromatic rings. The van der Waals surface area contributed by atoms with Crippen molar-refractivity contribution in [3.8, 4) is 11.3 Å². The molecule has 0 saturated carbocycles. The summed E-state index contributed by atoms with van der Waals surface area (Å²) in [6, 6.07) is 7.75. The molecule has 0 unspecified atom stereocenters. The molecule has 1 aromatic carbocycles. The van der Waals surface area contributed by atoms with Crippen molar-refractivity contribution in [1.29, 1.82) is 0 Å². The lowest BCUT2D eigenvalue weighted by atomic mass is 10.1. The Balaban J connectivity index is 2.11. The number of alkyl halides is 3. The van der Waals surface area contributed by atoms with E-state index in [0.717, 1.165) is 12.1 Å². The fourth-order valence-corrected chi connectivity index (χ4v) is 2.28. The molecule has 0 amide bonds. The quantitative estimate of drug-likeness (QED) is 0.654. The normalized spacial score (nSPS) is 11.4. The zero-order chi connectivity index (χ0) is 18.0. The smallest absolute Gasteiger partial charge is 0.354 e. The Labute approximate surface area is 144 Å². The van der Waals surface area contributed by atoms with Crippen molar-refractivity contribution >= 4 is 23.0 Å². The Morgan fingerprint density at radius 2 is 1.68 bits per heavy atom. The number of rotatable bonds is 3. The molecule has 3 rings (SSSR count). The minimum atomic E-state index is -4.73. The van der Waals surface area contributed by atoms with E-state index in [1.54, 1.807) is 0 Å². The summed E-state index contributed by atoms with van der Waals surface area (Å²) >= 11 is 5.82. The van der Waals surface area contributed by atoms with Gasteiger partial charge in [-0.05, 0) is 36.4 Å². The van der Waals surface area contributed by atoms with Crippen molar-refractivity contribution in [3.63, 3.8) is 0 Å². The summed E-state index contributed by atoms with van der Waals surface area (Å²) in [6.45, 7) is 0. The van der Waals surface area contributed by atoms with Gasteiger partial charge in [-0.1, -0.05) is 11.6 Å². The second kappa shape index (κ2) is 6.64. The second-order valence-electron chi connectivity index (χ2n) is 4.97. The van der Waals surface area contributed by atoms with Crippen LogP contribution in [0.5, 0.6) is 0 Å². The van der Waals surface area contributed by atoms with Gasteiger partial charge in [-0.15, -0.1) is 10.2 Å². The zero-order valence-corrected chi connectivity index (χ0v) is 13.1. The van der Waals surface area contributed by atoms with Crippen LogP contribution in [0.15, 0.2) is 48.8 Å². The molecule has 0 spiro atoms. The van der Waals surface area contributed by atoms with E-state index in [1.165, 1.54) is 36.7 Å². The molecule has 0 saturated heterocycles. The van der Waals surface area contributed by atoms with Crippen molar-refractivity contribution in [3.05, 3.63) is 65.3 Å². The maximum atomic E-state index is 14.0. The van der Waals surface area contributed by atoms with Crippen molar-refractivity contribution in [2.24, 2.45) is 0 Å². The Bertz CT molecular complexity index is 900. The number of nitrogens with zero attached hydrogens (tertiary/aromatic N) is 3. The minimum Gasteiger partial charge on any atom is -0.354 e. The SMILES string of the molecule is Fc1ccc(Cl)cc1-c1cc(Nc2ccncc2)c(C(F)(F)F)nn1. The number of nitrogens with one attached hydrogen (secondary N) is 1. The van der Waals surface area contributed by atoms with E-state index in [0.29, 0.717) is 5.69 Å². The first-order chi connectivity index (χ1) is 11.8. The van der Waals surface area contributed by atoms with Crippen LogP contribution in [0.3, 0.4) is 0 Å². The number of hydrogen-bond donors (Lipinski definition) is 1. The van der Waals surface area contributed by atoms with Crippen molar-refractivity contribution in [1.82, 2.24) is 15.2 Å². The fraction of sp³-hybridized carbons (Fsp3) is 0.0625. The minimum absolute atomic E-state index is 0.0495. The van der Waals surface area contributed by atoms with Crippen molar-refractivity contribution in [2.75, 3.05) is 5.32 Å². The molecule has 2 heterocycles. The molecular formula is C16H9ClF4N4. The molecule has 0 fully saturated rings. The fourth-order valence-electron chi connectivity index (χ4n) is 2.11. The number of halogens is 5. The molecule has 0 aliphatic rings. The summed E-state index contributed by atoms with van der Waals surface area (Å²) in [6.07, 6.45) is -1.89. The highest BCUT2D eigenvalue weighted by Crippen LogP contribution is 2.36. The van der Waals surface area contributed by atoms with Gasteiger partial charge in [0.1, 0.15) is 5.82 Å². The lowest BCUT2D eigenvalue weighted by Gasteiger charge is -2.14. The molecule has 25 heavy (non-hydrogen) atoms. The van der Waals surface area contributed by atoms with Gasteiger partial charge < -0.3 is 5.32 Å². The number of aromatic nitrogens is 3. The van der Waals surface area contributed by atoms with E-state index in [4.69, 9.17) is 11.6 Å². The highest BCUT2D eigenvalue weighted by Gasteiger charge is 2.36. The van der Waals surface area contributed by atoms with E-state index >= 15 is 0 Å². The van der Waals surface area contributed by atoms with Crippen LogP contribution in [0.1, 0.15) is 5.69 Å². The molecule has 9 heteroatoms. The summed E-state index contributed by atoms with van der Waals surface area (Å²) in [5, 5.41) is 9.56. The monoisotopic (exact) mass is 368 g/mol. The summed E-state index contributed by atoms with van der Waals surface area (Å²) in [4.78, 5) is 3.79. The van der Waals surface area contributed by atoms with Gasteiger partial charge in [0.2, 0.25) is 0 Å². The average molecular weight is 369 g/mol. The molecule has 128 valence electrons. The van der Waals surface area contributed by atoms with Crippen LogP contribution in [0.2, 0.25) is 5.02 Å². The predicted molar refractivity (Wildman–Crippen MR) is 85.0 cm³/mol. The van der Waals surface area contributed by atoms with Gasteiger partial charge in [-0.2, -0.15) is 13.2 Å². The standard InChI is InChI=1S/C16H9ClF4N4/c17-9-1-2-12(18)11(7-9)13-8-14(15(25-24-13)16(19,20)21)23-10-3-5-22-6-4-10/h1-8H,(H,22,23,24). The first kappa shape index (κ1) is 17.1. The van der Waals surface area contributed by atoms with Crippen molar-refractivity contribution < 1.29 is 17.6 Å². The van der Waals surface area contributed by atoms with Gasteiger partial charge in [0.15, 0.2) is 5.69 Å². The van der Waals surface area contributed by atoms with E-state index in [2.05, 4.69) is 20.5 Å². The van der Waals surface area contributed by atoms with Crippen LogP contribution in [-0.2, 0) is 6.18 Å². The highest BCUT2D eigenvalue weighted by atomic mass is 35.5. The molecule has 0 atom stereocenters. The highest BCUT2D eigenvalue weighted by molar-refractivity contribution is 6.30. The Hall–Kier alpha value is -2.74. The van der Waals surface area contributed by atoms with Gasteiger partial charge in [0.05, 0.1) is 11.4 Å². The largest absolute Gasteiger partial charge is 0.437 e. The van der Waals surface area contributed by atoms with Gasteiger partial charge >= 0.3 is 6.18 Å². The first-order valence-electron chi connectivity index (χ1n) is 6.92. The lowest BCUT2D eigenvalue weighted by Crippen LogP contribution is -2.13. The van der Waals surface area contributed by atoms with Crippen LogP contribution in [0, 0.1) is 5.82 Å². The third-order valence-electron chi connectivity index (χ3n) is 3.23. The second-order valence-corrected chi connectivity index (χ2v) is 5.41. The maximum Gasteiger partial charge on any atom is 0.437 e. The summed E-state index contributed by atoms with van der Waals surface area (Å²) in [5.74, 6) is -0.673. The third-order valence-corrected chi connectivity index (χ3v) is 3.46. The van der Waals surface area contributed by atoms with Gasteiger partial charge in [-0.25, -0.2) is 4.39 Å². The molecule has 2 aromatic heterocycles. The number of benzene rings is 1. The maximum absolute atomic E-state index is 14.0. The molecule has 1 N–H and O–H groups in total. The van der Waals surface area contributed by atoms with E-state index < -0.39 is 17.7 Å². The average Bonchev–Trinajstić information content (AvgIpc) is 2.57. The van der Waals surface area contributed by atoms with Crippen LogP contribution >= 0.6 is 11.6 Å². The molecule has 0 aliphatic carbocycles. The number of anilines is 2. The van der Waals surface area contributed by atoms with E-state index in [1.807, 2.05) is 0 Å². The Morgan fingerprint density at radius 3 is 2.36 bits per heavy atom. The van der Waals surface area contributed by atoms with Gasteiger partial charge in [0.25, 0.3) is 0 Å². The van der Waals surface area contributed by atoms with Crippen LogP contribution in [0.4, 0.5) is 28.9 Å². The van der Waals surface area contributed by atoms with Crippen molar-refractivity contribution in [2.45, 2.75) is 6.18 Å². The third kappa shape index (κ3) is 3.85. The predicted octanol–water partition coefficient (Wildman–Crippen LogP) is 5.09. The zero-order valence-electron chi connectivity index (χ0n) is 12.4. The molecule has 0 radical (unpaired) electrons. The van der Waals surface area contributed by atoms with Crippen LogP contribution in [0.25, 0.3) is 11.3 Å². The van der Waals surface area contributed by atoms with Gasteiger partial charge in [-0.3, -0.25) is 4.98 Å². The summed E-state index contributed by atoms with van der Waals surface area (Å²) in [5.41, 5.74) is -1.33. The molecular weight excluding hydrogens is 360 g/mol. The number of hydrogen-bond acceptors (Lipinski definition) is 4. The van der Waals surface area contributed by atoms with E-state index in [9.17, 15) is 17.6 Å². The van der Waals surface area contributed by atoms with E-state index in [-0.39, 0.29) is 22.0 Å². The summed E-state index contributed by atoms with van der Waals surface area (Å²) < 4.78 is 53.5.